The lowest BCUT2D eigenvalue weighted by Gasteiger charge is -2.20. The first-order valence-corrected chi connectivity index (χ1v) is 6.23. The Morgan fingerprint density at radius 3 is 2.42 bits per heavy atom. The highest BCUT2D eigenvalue weighted by Crippen LogP contribution is 2.25. The van der Waals surface area contributed by atoms with Crippen molar-refractivity contribution >= 4 is 23.5 Å². The van der Waals surface area contributed by atoms with Crippen LogP contribution < -0.4 is 5.73 Å². The SMILES string of the molecule is CCOC(=O)C[C@H](c1ccc(Cl)cc1)[C@@H](N)C(=O)O. The van der Waals surface area contributed by atoms with E-state index in [1.807, 2.05) is 0 Å². The monoisotopic (exact) mass is 285 g/mol. The van der Waals surface area contributed by atoms with Crippen LogP contribution in [0.15, 0.2) is 24.3 Å². The van der Waals surface area contributed by atoms with E-state index in [1.54, 1.807) is 31.2 Å². The summed E-state index contributed by atoms with van der Waals surface area (Å²) in [4.78, 5) is 22.5. The van der Waals surface area contributed by atoms with Gasteiger partial charge in [0.05, 0.1) is 13.0 Å². The van der Waals surface area contributed by atoms with E-state index in [0.717, 1.165) is 0 Å². The normalized spacial score (nSPS) is 13.6. The molecule has 0 saturated heterocycles. The van der Waals surface area contributed by atoms with E-state index in [4.69, 9.17) is 27.2 Å². The van der Waals surface area contributed by atoms with Crippen LogP contribution in [0.2, 0.25) is 5.02 Å². The third kappa shape index (κ3) is 4.54. The molecule has 5 nitrogen and oxygen atoms in total. The fraction of sp³-hybridized carbons (Fsp3) is 0.385. The largest absolute Gasteiger partial charge is 0.480 e. The third-order valence-electron chi connectivity index (χ3n) is 2.71. The van der Waals surface area contributed by atoms with Crippen molar-refractivity contribution in [2.75, 3.05) is 6.61 Å². The fourth-order valence-electron chi connectivity index (χ4n) is 1.73. The summed E-state index contributed by atoms with van der Waals surface area (Å²) in [7, 11) is 0. The molecule has 0 amide bonds. The lowest BCUT2D eigenvalue weighted by molar-refractivity contribution is -0.144. The van der Waals surface area contributed by atoms with Gasteiger partial charge in [-0.3, -0.25) is 9.59 Å². The molecule has 0 heterocycles. The van der Waals surface area contributed by atoms with Crippen molar-refractivity contribution in [3.05, 3.63) is 34.9 Å². The Hall–Kier alpha value is -1.59. The molecule has 104 valence electrons. The van der Waals surface area contributed by atoms with Crippen molar-refractivity contribution < 1.29 is 19.4 Å². The number of ether oxygens (including phenoxy) is 1. The molecule has 0 aliphatic carbocycles. The number of hydrogen-bond donors (Lipinski definition) is 2. The summed E-state index contributed by atoms with van der Waals surface area (Å²) in [6.07, 6.45) is -0.0804. The number of esters is 1. The molecule has 1 aromatic carbocycles. The van der Waals surface area contributed by atoms with Gasteiger partial charge in [0.15, 0.2) is 0 Å². The first kappa shape index (κ1) is 15.5. The maximum absolute atomic E-state index is 11.5. The Balaban J connectivity index is 2.94. The molecular weight excluding hydrogens is 270 g/mol. The molecule has 0 saturated carbocycles. The summed E-state index contributed by atoms with van der Waals surface area (Å²) in [6, 6.07) is 5.41. The van der Waals surface area contributed by atoms with Gasteiger partial charge in [-0.25, -0.2) is 0 Å². The van der Waals surface area contributed by atoms with Crippen LogP contribution in [-0.2, 0) is 14.3 Å². The van der Waals surface area contributed by atoms with E-state index < -0.39 is 23.9 Å². The molecule has 1 aromatic rings. The molecule has 0 unspecified atom stereocenters. The minimum atomic E-state index is -1.18. The molecule has 0 aliphatic rings. The van der Waals surface area contributed by atoms with E-state index in [-0.39, 0.29) is 13.0 Å². The molecule has 1 rings (SSSR count). The van der Waals surface area contributed by atoms with Gasteiger partial charge >= 0.3 is 11.9 Å². The van der Waals surface area contributed by atoms with Gasteiger partial charge in [-0.15, -0.1) is 0 Å². The number of carbonyl (C=O) groups is 2. The van der Waals surface area contributed by atoms with Gasteiger partial charge in [0.25, 0.3) is 0 Å². The quantitative estimate of drug-likeness (QED) is 0.778. The summed E-state index contributed by atoms with van der Waals surface area (Å²) < 4.78 is 4.83. The second-order valence-corrected chi connectivity index (χ2v) is 4.47. The zero-order chi connectivity index (χ0) is 14.4. The van der Waals surface area contributed by atoms with E-state index in [0.29, 0.717) is 10.6 Å². The predicted molar refractivity (Wildman–Crippen MR) is 71.1 cm³/mol. The number of benzene rings is 1. The minimum absolute atomic E-state index is 0.0804. The number of rotatable bonds is 6. The standard InChI is InChI=1S/C13H16ClNO4/c1-2-19-11(16)7-10(12(15)13(17)18)8-3-5-9(14)6-4-8/h3-6,10,12H,2,7,15H2,1H3,(H,17,18)/t10-,12-/m1/s1. The molecule has 19 heavy (non-hydrogen) atoms. The molecule has 0 aliphatic heterocycles. The summed E-state index contributed by atoms with van der Waals surface area (Å²) in [6.45, 7) is 1.93. The van der Waals surface area contributed by atoms with E-state index >= 15 is 0 Å². The molecule has 6 heteroatoms. The van der Waals surface area contributed by atoms with E-state index in [1.165, 1.54) is 0 Å². The third-order valence-corrected chi connectivity index (χ3v) is 2.96. The maximum atomic E-state index is 11.5. The van der Waals surface area contributed by atoms with Crippen LogP contribution in [0.4, 0.5) is 0 Å². The van der Waals surface area contributed by atoms with Crippen LogP contribution in [0.5, 0.6) is 0 Å². The van der Waals surface area contributed by atoms with Crippen molar-refractivity contribution in [2.24, 2.45) is 5.73 Å². The highest BCUT2D eigenvalue weighted by Gasteiger charge is 2.28. The van der Waals surface area contributed by atoms with E-state index in [9.17, 15) is 9.59 Å². The Bertz CT molecular complexity index is 446. The molecule has 3 N–H and O–H groups in total. The van der Waals surface area contributed by atoms with Crippen LogP contribution in [0.25, 0.3) is 0 Å². The number of carboxylic acids is 1. The van der Waals surface area contributed by atoms with Crippen molar-refractivity contribution in [3.63, 3.8) is 0 Å². The Kier molecular flexibility index (Phi) is 5.79. The summed E-state index contributed by atoms with van der Waals surface area (Å²) >= 11 is 5.77. The smallest absolute Gasteiger partial charge is 0.321 e. The second-order valence-electron chi connectivity index (χ2n) is 4.03. The summed E-state index contributed by atoms with van der Waals surface area (Å²) in [5.41, 5.74) is 6.28. The highest BCUT2D eigenvalue weighted by atomic mass is 35.5. The number of hydrogen-bond acceptors (Lipinski definition) is 4. The predicted octanol–water partition coefficient (Wildman–Crippen LogP) is 1.79. The van der Waals surface area contributed by atoms with Crippen molar-refractivity contribution in [1.29, 1.82) is 0 Å². The van der Waals surface area contributed by atoms with Gasteiger partial charge in [0.1, 0.15) is 6.04 Å². The van der Waals surface area contributed by atoms with Gasteiger partial charge < -0.3 is 15.6 Å². The minimum Gasteiger partial charge on any atom is -0.480 e. The number of carbonyl (C=O) groups excluding carboxylic acids is 1. The molecule has 2 atom stereocenters. The number of nitrogens with two attached hydrogens (primary N) is 1. The Labute approximate surface area is 116 Å². The van der Waals surface area contributed by atoms with Crippen LogP contribution in [-0.4, -0.2) is 29.7 Å². The molecule has 0 fully saturated rings. The maximum Gasteiger partial charge on any atom is 0.321 e. The highest BCUT2D eigenvalue weighted by molar-refractivity contribution is 6.30. The average molecular weight is 286 g/mol. The molecule has 0 radical (unpaired) electrons. The van der Waals surface area contributed by atoms with Crippen molar-refractivity contribution in [1.82, 2.24) is 0 Å². The van der Waals surface area contributed by atoms with Crippen molar-refractivity contribution in [3.8, 4) is 0 Å². The molecule has 0 spiro atoms. The molecular formula is C13H16ClNO4. The number of halogens is 1. The lowest BCUT2D eigenvalue weighted by Crippen LogP contribution is -2.37. The van der Waals surface area contributed by atoms with Gasteiger partial charge in [-0.1, -0.05) is 23.7 Å². The zero-order valence-corrected chi connectivity index (χ0v) is 11.3. The van der Waals surface area contributed by atoms with Crippen LogP contribution >= 0.6 is 11.6 Å². The van der Waals surface area contributed by atoms with Crippen molar-refractivity contribution in [2.45, 2.75) is 25.3 Å². The summed E-state index contributed by atoms with van der Waals surface area (Å²) in [5.74, 6) is -2.28. The van der Waals surface area contributed by atoms with Crippen LogP contribution in [0, 0.1) is 0 Å². The first-order chi connectivity index (χ1) is 8.95. The number of aliphatic carboxylic acids is 1. The second kappa shape index (κ2) is 7.11. The van der Waals surface area contributed by atoms with Gasteiger partial charge in [-0.05, 0) is 24.6 Å². The van der Waals surface area contributed by atoms with E-state index in [2.05, 4.69) is 0 Å². The van der Waals surface area contributed by atoms with Gasteiger partial charge in [0, 0.05) is 10.9 Å². The zero-order valence-electron chi connectivity index (χ0n) is 10.5. The van der Waals surface area contributed by atoms with Gasteiger partial charge in [-0.2, -0.15) is 0 Å². The lowest BCUT2D eigenvalue weighted by atomic mass is 9.89. The Morgan fingerprint density at radius 2 is 1.95 bits per heavy atom. The first-order valence-electron chi connectivity index (χ1n) is 5.85. The molecule has 0 aromatic heterocycles. The fourth-order valence-corrected chi connectivity index (χ4v) is 1.86. The van der Waals surface area contributed by atoms with Crippen LogP contribution in [0.3, 0.4) is 0 Å². The van der Waals surface area contributed by atoms with Gasteiger partial charge in [0.2, 0.25) is 0 Å². The average Bonchev–Trinajstić information content (AvgIpc) is 2.36. The molecule has 0 bridgehead atoms. The van der Waals surface area contributed by atoms with Crippen LogP contribution in [0.1, 0.15) is 24.8 Å². The summed E-state index contributed by atoms with van der Waals surface area (Å²) in [5, 5.41) is 9.54. The topological polar surface area (TPSA) is 89.6 Å². The number of carboxylic acid groups (broad SMARTS) is 1. The Morgan fingerprint density at radius 1 is 1.37 bits per heavy atom.